The zero-order chi connectivity index (χ0) is 12.9. The first kappa shape index (κ1) is 13.6. The standard InChI is InChI=1S/C13H20N2O2/c1-13(2,12(16)17-4)10-15(3)9-11-7-5-6-8-14-11/h5-8H,9-10H2,1-4H3. The molecule has 4 heteroatoms. The molecule has 94 valence electrons. The normalized spacial score (nSPS) is 11.6. The maximum absolute atomic E-state index is 11.6. The van der Waals surface area contributed by atoms with Gasteiger partial charge >= 0.3 is 5.97 Å². The van der Waals surface area contributed by atoms with Gasteiger partial charge in [-0.15, -0.1) is 0 Å². The van der Waals surface area contributed by atoms with Crippen molar-refractivity contribution in [2.45, 2.75) is 20.4 Å². The van der Waals surface area contributed by atoms with Gasteiger partial charge in [-0.05, 0) is 33.0 Å². The maximum atomic E-state index is 11.6. The number of ether oxygens (including phenoxy) is 1. The molecule has 0 saturated carbocycles. The van der Waals surface area contributed by atoms with Gasteiger partial charge in [0.2, 0.25) is 0 Å². The number of methoxy groups -OCH3 is 1. The van der Waals surface area contributed by atoms with Crippen LogP contribution in [0.4, 0.5) is 0 Å². The molecule has 0 radical (unpaired) electrons. The highest BCUT2D eigenvalue weighted by Gasteiger charge is 2.30. The lowest BCUT2D eigenvalue weighted by Crippen LogP contribution is -2.37. The quantitative estimate of drug-likeness (QED) is 0.730. The Hall–Kier alpha value is -1.42. The Kier molecular flexibility index (Phi) is 4.63. The Labute approximate surface area is 103 Å². The summed E-state index contributed by atoms with van der Waals surface area (Å²) in [5, 5.41) is 0. The summed E-state index contributed by atoms with van der Waals surface area (Å²) in [7, 11) is 3.39. The molecular weight excluding hydrogens is 216 g/mol. The second kappa shape index (κ2) is 5.77. The highest BCUT2D eigenvalue weighted by atomic mass is 16.5. The molecular formula is C13H20N2O2. The highest BCUT2D eigenvalue weighted by molar-refractivity contribution is 5.76. The number of rotatable bonds is 5. The average Bonchev–Trinajstić information content (AvgIpc) is 2.28. The first-order valence-corrected chi connectivity index (χ1v) is 5.62. The lowest BCUT2D eigenvalue weighted by molar-refractivity contribution is -0.151. The van der Waals surface area contributed by atoms with E-state index in [1.165, 1.54) is 7.11 Å². The summed E-state index contributed by atoms with van der Waals surface area (Å²) in [5.41, 5.74) is 0.494. The second-order valence-corrected chi connectivity index (χ2v) is 4.87. The summed E-state index contributed by atoms with van der Waals surface area (Å²) in [5.74, 6) is -0.189. The number of aromatic nitrogens is 1. The number of esters is 1. The van der Waals surface area contributed by atoms with Gasteiger partial charge in [0.25, 0.3) is 0 Å². The Balaban J connectivity index is 2.55. The summed E-state index contributed by atoms with van der Waals surface area (Å²) < 4.78 is 4.78. The minimum absolute atomic E-state index is 0.189. The third-order valence-corrected chi connectivity index (χ3v) is 2.56. The second-order valence-electron chi connectivity index (χ2n) is 4.87. The molecule has 0 spiro atoms. The van der Waals surface area contributed by atoms with Crippen molar-refractivity contribution < 1.29 is 9.53 Å². The van der Waals surface area contributed by atoms with E-state index >= 15 is 0 Å². The minimum Gasteiger partial charge on any atom is -0.469 e. The predicted molar refractivity (Wildman–Crippen MR) is 66.4 cm³/mol. The van der Waals surface area contributed by atoms with Crippen LogP contribution in [0, 0.1) is 5.41 Å². The number of hydrogen-bond donors (Lipinski definition) is 0. The van der Waals surface area contributed by atoms with Crippen LogP contribution >= 0.6 is 0 Å². The van der Waals surface area contributed by atoms with Crippen LogP contribution in [0.15, 0.2) is 24.4 Å². The fraction of sp³-hybridized carbons (Fsp3) is 0.538. The van der Waals surface area contributed by atoms with Crippen molar-refractivity contribution in [3.8, 4) is 0 Å². The van der Waals surface area contributed by atoms with Gasteiger partial charge in [0.15, 0.2) is 0 Å². The summed E-state index contributed by atoms with van der Waals surface area (Å²) in [6.45, 7) is 5.12. The van der Waals surface area contributed by atoms with Crippen molar-refractivity contribution >= 4 is 5.97 Å². The minimum atomic E-state index is -0.502. The van der Waals surface area contributed by atoms with Gasteiger partial charge in [0.1, 0.15) is 0 Å². The van der Waals surface area contributed by atoms with Gasteiger partial charge in [-0.25, -0.2) is 0 Å². The van der Waals surface area contributed by atoms with E-state index in [1.807, 2.05) is 39.1 Å². The van der Waals surface area contributed by atoms with Crippen LogP contribution in [-0.4, -0.2) is 36.6 Å². The van der Waals surface area contributed by atoms with Gasteiger partial charge in [-0.2, -0.15) is 0 Å². The molecule has 0 unspecified atom stereocenters. The van der Waals surface area contributed by atoms with Crippen LogP contribution < -0.4 is 0 Å². The molecule has 0 saturated heterocycles. The molecule has 0 fully saturated rings. The third kappa shape index (κ3) is 4.15. The van der Waals surface area contributed by atoms with Gasteiger partial charge in [-0.1, -0.05) is 6.07 Å². The molecule has 0 N–H and O–H groups in total. The molecule has 1 heterocycles. The monoisotopic (exact) mass is 236 g/mol. The number of pyridine rings is 1. The van der Waals surface area contributed by atoms with E-state index in [2.05, 4.69) is 9.88 Å². The van der Waals surface area contributed by atoms with Gasteiger partial charge < -0.3 is 4.74 Å². The van der Waals surface area contributed by atoms with E-state index in [9.17, 15) is 4.79 Å². The zero-order valence-electron chi connectivity index (χ0n) is 10.9. The first-order chi connectivity index (χ1) is 7.95. The summed E-state index contributed by atoms with van der Waals surface area (Å²) >= 11 is 0. The summed E-state index contributed by atoms with van der Waals surface area (Å²) in [6, 6.07) is 5.82. The van der Waals surface area contributed by atoms with Crippen molar-refractivity contribution in [2.75, 3.05) is 20.7 Å². The van der Waals surface area contributed by atoms with Crippen LogP contribution in [0.3, 0.4) is 0 Å². The fourth-order valence-corrected chi connectivity index (χ4v) is 1.84. The van der Waals surface area contributed by atoms with E-state index in [4.69, 9.17) is 4.74 Å². The SMILES string of the molecule is COC(=O)C(C)(C)CN(C)Cc1ccccn1. The van der Waals surface area contributed by atoms with E-state index in [0.29, 0.717) is 6.54 Å². The van der Waals surface area contributed by atoms with E-state index in [-0.39, 0.29) is 5.97 Å². The van der Waals surface area contributed by atoms with Crippen LogP contribution in [0.2, 0.25) is 0 Å². The number of carbonyl (C=O) groups is 1. The number of carbonyl (C=O) groups excluding carboxylic acids is 1. The average molecular weight is 236 g/mol. The van der Waals surface area contributed by atoms with E-state index < -0.39 is 5.41 Å². The maximum Gasteiger partial charge on any atom is 0.312 e. The fourth-order valence-electron chi connectivity index (χ4n) is 1.84. The molecule has 17 heavy (non-hydrogen) atoms. The molecule has 0 aliphatic heterocycles. The number of nitrogens with zero attached hydrogens (tertiary/aromatic N) is 2. The highest BCUT2D eigenvalue weighted by Crippen LogP contribution is 2.18. The lowest BCUT2D eigenvalue weighted by Gasteiger charge is -2.27. The molecule has 1 rings (SSSR count). The van der Waals surface area contributed by atoms with E-state index in [1.54, 1.807) is 6.20 Å². The molecule has 0 amide bonds. The van der Waals surface area contributed by atoms with Gasteiger partial charge in [0.05, 0.1) is 18.2 Å². The van der Waals surface area contributed by atoms with Crippen LogP contribution in [-0.2, 0) is 16.1 Å². The Morgan fingerprint density at radius 2 is 2.18 bits per heavy atom. The topological polar surface area (TPSA) is 42.4 Å². The van der Waals surface area contributed by atoms with Gasteiger partial charge in [0, 0.05) is 19.3 Å². The Bertz CT molecular complexity index is 363. The molecule has 4 nitrogen and oxygen atoms in total. The molecule has 0 bridgehead atoms. The zero-order valence-corrected chi connectivity index (χ0v) is 10.9. The number of hydrogen-bond acceptors (Lipinski definition) is 4. The van der Waals surface area contributed by atoms with Crippen LogP contribution in [0.1, 0.15) is 19.5 Å². The van der Waals surface area contributed by atoms with Crippen LogP contribution in [0.5, 0.6) is 0 Å². The van der Waals surface area contributed by atoms with Crippen molar-refractivity contribution in [3.05, 3.63) is 30.1 Å². The summed E-state index contributed by atoms with van der Waals surface area (Å²) in [4.78, 5) is 17.9. The molecule has 0 aromatic carbocycles. The van der Waals surface area contributed by atoms with Crippen molar-refractivity contribution in [1.82, 2.24) is 9.88 Å². The van der Waals surface area contributed by atoms with Crippen molar-refractivity contribution in [2.24, 2.45) is 5.41 Å². The summed E-state index contributed by atoms with van der Waals surface area (Å²) in [6.07, 6.45) is 1.77. The smallest absolute Gasteiger partial charge is 0.312 e. The van der Waals surface area contributed by atoms with Gasteiger partial charge in [-0.3, -0.25) is 14.7 Å². The largest absolute Gasteiger partial charge is 0.469 e. The third-order valence-electron chi connectivity index (χ3n) is 2.56. The molecule has 0 atom stereocenters. The van der Waals surface area contributed by atoms with Crippen molar-refractivity contribution in [3.63, 3.8) is 0 Å². The Morgan fingerprint density at radius 3 is 2.71 bits per heavy atom. The predicted octanol–water partition coefficient (Wildman–Crippen LogP) is 1.71. The van der Waals surface area contributed by atoms with E-state index in [0.717, 1.165) is 12.2 Å². The molecule has 0 aliphatic rings. The first-order valence-electron chi connectivity index (χ1n) is 5.62. The van der Waals surface area contributed by atoms with Crippen LogP contribution in [0.25, 0.3) is 0 Å². The molecule has 1 aromatic heterocycles. The Morgan fingerprint density at radius 1 is 1.47 bits per heavy atom. The van der Waals surface area contributed by atoms with Crippen molar-refractivity contribution in [1.29, 1.82) is 0 Å². The molecule has 1 aromatic rings. The molecule has 0 aliphatic carbocycles. The lowest BCUT2D eigenvalue weighted by atomic mass is 9.93.